The van der Waals surface area contributed by atoms with Crippen molar-refractivity contribution in [3.63, 3.8) is 0 Å². The first-order valence-corrected chi connectivity index (χ1v) is 13.0. The first kappa shape index (κ1) is 23.7. The number of rotatable bonds is 6. The average Bonchev–Trinajstić information content (AvgIpc) is 3.17. The summed E-state index contributed by atoms with van der Waals surface area (Å²) in [6, 6.07) is 4.01. The van der Waals surface area contributed by atoms with Gasteiger partial charge in [0.25, 0.3) is 5.91 Å². The lowest BCUT2D eigenvalue weighted by molar-refractivity contribution is -0.141. The van der Waals surface area contributed by atoms with Crippen LogP contribution in [0.25, 0.3) is 10.1 Å². The number of amides is 1. The number of nitrogens with zero attached hydrogens (tertiary/aromatic N) is 1. The van der Waals surface area contributed by atoms with Crippen molar-refractivity contribution in [2.45, 2.75) is 76.3 Å². The Morgan fingerprint density at radius 1 is 0.969 bits per heavy atom. The topological polar surface area (TPSA) is 55.8 Å². The molecule has 2 aliphatic carbocycles. The molecule has 2 fully saturated rings. The van der Waals surface area contributed by atoms with Gasteiger partial charge in [-0.25, -0.2) is 4.79 Å². The molecule has 5 nitrogen and oxygen atoms in total. The Kier molecular flexibility index (Phi) is 7.85. The molecule has 0 N–H and O–H groups in total. The summed E-state index contributed by atoms with van der Waals surface area (Å²) in [6.07, 6.45) is 11.2. The molecule has 2 aromatic rings. The van der Waals surface area contributed by atoms with Crippen molar-refractivity contribution in [2.24, 2.45) is 0 Å². The van der Waals surface area contributed by atoms with Crippen LogP contribution in [0.1, 0.15) is 73.9 Å². The summed E-state index contributed by atoms with van der Waals surface area (Å²) in [6.45, 7) is -0.256. The highest BCUT2D eigenvalue weighted by Gasteiger charge is 2.33. The maximum Gasteiger partial charge on any atom is 0.350 e. The van der Waals surface area contributed by atoms with Crippen molar-refractivity contribution in [3.05, 3.63) is 27.1 Å². The van der Waals surface area contributed by atoms with Crippen LogP contribution in [-0.4, -0.2) is 42.6 Å². The van der Waals surface area contributed by atoms with E-state index >= 15 is 0 Å². The molecular weight excluding hydrogens is 469 g/mol. The number of hydrogen-bond acceptors (Lipinski definition) is 5. The number of fused-ring (bicyclic) bond motifs is 1. The number of esters is 1. The summed E-state index contributed by atoms with van der Waals surface area (Å²) >= 11 is 14.0. The van der Waals surface area contributed by atoms with E-state index in [4.69, 9.17) is 32.7 Å². The third-order valence-corrected chi connectivity index (χ3v) is 8.85. The number of hydrogen-bond donors (Lipinski definition) is 0. The normalized spacial score (nSPS) is 18.0. The predicted octanol–water partition coefficient (Wildman–Crippen LogP) is 6.87. The van der Waals surface area contributed by atoms with Gasteiger partial charge in [0.2, 0.25) is 0 Å². The highest BCUT2D eigenvalue weighted by Crippen LogP contribution is 2.43. The summed E-state index contributed by atoms with van der Waals surface area (Å²) in [5.41, 5.74) is 0. The van der Waals surface area contributed by atoms with Crippen LogP contribution in [0.5, 0.6) is 5.75 Å². The molecule has 1 amide bonds. The molecule has 8 heteroatoms. The zero-order valence-electron chi connectivity index (χ0n) is 18.3. The maximum absolute atomic E-state index is 13.3. The van der Waals surface area contributed by atoms with Crippen LogP contribution < -0.4 is 4.74 Å². The molecule has 4 rings (SSSR count). The molecular formula is C24H29Cl2NO4S. The Morgan fingerprint density at radius 3 is 2.12 bits per heavy atom. The van der Waals surface area contributed by atoms with Crippen LogP contribution in [0.4, 0.5) is 0 Å². The molecule has 174 valence electrons. The van der Waals surface area contributed by atoms with Gasteiger partial charge in [-0.05, 0) is 37.8 Å². The minimum Gasteiger partial charge on any atom is -0.495 e. The second-order valence-electron chi connectivity index (χ2n) is 8.66. The second-order valence-corrected chi connectivity index (χ2v) is 10.4. The van der Waals surface area contributed by atoms with Gasteiger partial charge in [-0.15, -0.1) is 11.3 Å². The number of thiophene rings is 1. The molecule has 1 heterocycles. The van der Waals surface area contributed by atoms with E-state index in [1.54, 1.807) is 12.1 Å². The lowest BCUT2D eigenvalue weighted by Crippen LogP contribution is -2.50. The lowest BCUT2D eigenvalue weighted by atomic mass is 9.88. The fraction of sp³-hybridized carbons (Fsp3) is 0.583. The van der Waals surface area contributed by atoms with Crippen molar-refractivity contribution in [1.29, 1.82) is 0 Å². The Bertz CT molecular complexity index is 962. The molecule has 2 saturated carbocycles. The summed E-state index contributed by atoms with van der Waals surface area (Å²) < 4.78 is 11.4. The third kappa shape index (κ3) is 4.87. The van der Waals surface area contributed by atoms with Gasteiger partial charge in [0.15, 0.2) is 6.61 Å². The van der Waals surface area contributed by atoms with Crippen LogP contribution in [0.2, 0.25) is 10.0 Å². The number of carbonyl (C=O) groups is 2. The van der Waals surface area contributed by atoms with E-state index in [-0.39, 0.29) is 29.5 Å². The van der Waals surface area contributed by atoms with Gasteiger partial charge in [-0.2, -0.15) is 0 Å². The van der Waals surface area contributed by atoms with Crippen LogP contribution in [-0.2, 0) is 9.53 Å². The fourth-order valence-corrected chi connectivity index (χ4v) is 6.84. The van der Waals surface area contributed by atoms with Gasteiger partial charge < -0.3 is 14.4 Å². The van der Waals surface area contributed by atoms with Crippen molar-refractivity contribution < 1.29 is 19.1 Å². The standard InChI is InChI=1S/C24H29Cl2NO4S/c1-30-18-13-12-17-20(25)23(32-22(17)21(18)26)24(29)31-14-19(28)27(15-8-4-2-5-9-15)16-10-6-3-7-11-16/h12-13,15-16H,2-11,14H2,1H3. The van der Waals surface area contributed by atoms with E-state index in [1.165, 1.54) is 20.0 Å². The third-order valence-electron chi connectivity index (χ3n) is 6.66. The average molecular weight is 498 g/mol. The van der Waals surface area contributed by atoms with Crippen LogP contribution in [0.3, 0.4) is 0 Å². The number of carbonyl (C=O) groups excluding carboxylic acids is 2. The van der Waals surface area contributed by atoms with Crippen molar-refractivity contribution in [3.8, 4) is 5.75 Å². The number of halogens is 2. The highest BCUT2D eigenvalue weighted by atomic mass is 35.5. The van der Waals surface area contributed by atoms with E-state index < -0.39 is 5.97 Å². The Hall–Kier alpha value is -1.50. The number of benzene rings is 1. The molecule has 1 aromatic heterocycles. The van der Waals surface area contributed by atoms with Gasteiger partial charge in [0, 0.05) is 17.5 Å². The zero-order valence-corrected chi connectivity index (χ0v) is 20.7. The van der Waals surface area contributed by atoms with Gasteiger partial charge in [0.1, 0.15) is 15.6 Å². The van der Waals surface area contributed by atoms with Crippen LogP contribution in [0.15, 0.2) is 12.1 Å². The quantitative estimate of drug-likeness (QED) is 0.408. The molecule has 32 heavy (non-hydrogen) atoms. The SMILES string of the molecule is COc1ccc2c(Cl)c(C(=O)OCC(=O)N(C3CCCCC3)C3CCCCC3)sc2c1Cl. The Labute approximate surface area is 202 Å². The largest absolute Gasteiger partial charge is 0.495 e. The lowest BCUT2D eigenvalue weighted by Gasteiger charge is -2.41. The molecule has 1 aromatic carbocycles. The Balaban J connectivity index is 1.48. The summed E-state index contributed by atoms with van der Waals surface area (Å²) in [5.74, 6) is -0.163. The molecule has 0 atom stereocenters. The van der Waals surface area contributed by atoms with E-state index in [0.29, 0.717) is 25.9 Å². The fourth-order valence-electron chi connectivity index (χ4n) is 5.06. The van der Waals surface area contributed by atoms with E-state index in [1.807, 2.05) is 0 Å². The minimum atomic E-state index is -0.591. The van der Waals surface area contributed by atoms with Gasteiger partial charge >= 0.3 is 5.97 Å². The van der Waals surface area contributed by atoms with Crippen LogP contribution in [0, 0.1) is 0 Å². The first-order chi connectivity index (χ1) is 15.5. The maximum atomic E-state index is 13.3. The second kappa shape index (κ2) is 10.6. The van der Waals surface area contributed by atoms with Crippen molar-refractivity contribution in [2.75, 3.05) is 13.7 Å². The van der Waals surface area contributed by atoms with Gasteiger partial charge in [0.05, 0.1) is 16.8 Å². The van der Waals surface area contributed by atoms with E-state index in [9.17, 15) is 9.59 Å². The molecule has 0 bridgehead atoms. The smallest absolute Gasteiger partial charge is 0.350 e. The first-order valence-electron chi connectivity index (χ1n) is 11.4. The number of methoxy groups -OCH3 is 1. The van der Waals surface area contributed by atoms with Gasteiger partial charge in [-0.1, -0.05) is 61.7 Å². The molecule has 0 unspecified atom stereocenters. The molecule has 0 saturated heterocycles. The van der Waals surface area contributed by atoms with E-state index in [2.05, 4.69) is 4.90 Å². The minimum absolute atomic E-state index is 0.0888. The van der Waals surface area contributed by atoms with E-state index in [0.717, 1.165) is 62.7 Å². The summed E-state index contributed by atoms with van der Waals surface area (Å²) in [5, 5.41) is 1.38. The molecule has 0 aliphatic heterocycles. The van der Waals surface area contributed by atoms with Crippen molar-refractivity contribution in [1.82, 2.24) is 4.90 Å². The van der Waals surface area contributed by atoms with Crippen molar-refractivity contribution >= 4 is 56.5 Å². The Morgan fingerprint density at radius 2 is 1.56 bits per heavy atom. The monoisotopic (exact) mass is 497 g/mol. The predicted molar refractivity (Wildman–Crippen MR) is 129 cm³/mol. The summed E-state index contributed by atoms with van der Waals surface area (Å²) in [7, 11) is 1.54. The number of ether oxygens (including phenoxy) is 2. The molecule has 0 radical (unpaired) electrons. The highest BCUT2D eigenvalue weighted by molar-refractivity contribution is 7.22. The summed E-state index contributed by atoms with van der Waals surface area (Å²) in [4.78, 5) is 28.4. The van der Waals surface area contributed by atoms with Gasteiger partial charge in [-0.3, -0.25) is 4.79 Å². The molecule has 0 spiro atoms. The van der Waals surface area contributed by atoms with Crippen LogP contribution >= 0.6 is 34.5 Å². The zero-order chi connectivity index (χ0) is 22.7. The molecule has 2 aliphatic rings.